The van der Waals surface area contributed by atoms with Crippen molar-refractivity contribution in [3.63, 3.8) is 0 Å². The minimum Gasteiger partial charge on any atom is -0.516 e. The summed E-state index contributed by atoms with van der Waals surface area (Å²) in [5.74, 6) is 0. The van der Waals surface area contributed by atoms with E-state index in [1.54, 1.807) is 23.6 Å². The lowest BCUT2D eigenvalue weighted by molar-refractivity contribution is 0.357. The number of aromatic nitrogens is 1. The van der Waals surface area contributed by atoms with Crippen LogP contribution < -0.4 is 0 Å². The standard InChI is InChI=1S/C16H25N5OSi/c1-13-12-21(18-11-14-8-7-9-17-10-14)15(20-19-13)22-23(5,6)16(2,3)4/h7-11H,12H2,1-6H3/b18-11+. The second-order valence-electron chi connectivity index (χ2n) is 7.17. The maximum absolute atomic E-state index is 6.27. The van der Waals surface area contributed by atoms with Gasteiger partial charge in [0.05, 0.1) is 18.5 Å². The molecule has 0 saturated carbocycles. The molecule has 0 fully saturated rings. The summed E-state index contributed by atoms with van der Waals surface area (Å²) in [6, 6.07) is 4.31. The first kappa shape index (κ1) is 17.3. The van der Waals surface area contributed by atoms with E-state index in [1.807, 2.05) is 19.1 Å². The second-order valence-corrected chi connectivity index (χ2v) is 11.9. The molecule has 1 aromatic heterocycles. The lowest BCUT2D eigenvalue weighted by Crippen LogP contribution is -2.47. The lowest BCUT2D eigenvalue weighted by Gasteiger charge is -2.38. The van der Waals surface area contributed by atoms with E-state index in [9.17, 15) is 0 Å². The van der Waals surface area contributed by atoms with Crippen LogP contribution in [0.3, 0.4) is 0 Å². The summed E-state index contributed by atoms with van der Waals surface area (Å²) in [4.78, 5) is 4.09. The summed E-state index contributed by atoms with van der Waals surface area (Å²) in [6.07, 6.45) is 5.26. The predicted octanol–water partition coefficient (Wildman–Crippen LogP) is 3.48. The molecule has 2 rings (SSSR count). The van der Waals surface area contributed by atoms with Crippen molar-refractivity contribution in [3.05, 3.63) is 30.1 Å². The third-order valence-electron chi connectivity index (χ3n) is 4.09. The van der Waals surface area contributed by atoms with E-state index < -0.39 is 8.32 Å². The van der Waals surface area contributed by atoms with Crippen molar-refractivity contribution in [2.75, 3.05) is 6.54 Å². The highest BCUT2D eigenvalue weighted by Crippen LogP contribution is 2.37. The van der Waals surface area contributed by atoms with Gasteiger partial charge < -0.3 is 4.43 Å². The molecule has 0 unspecified atom stereocenters. The Bertz CT molecular complexity index is 632. The smallest absolute Gasteiger partial charge is 0.318 e. The van der Waals surface area contributed by atoms with E-state index in [2.05, 4.69) is 54.2 Å². The van der Waals surface area contributed by atoms with Crippen molar-refractivity contribution in [2.24, 2.45) is 15.3 Å². The Kier molecular flexibility index (Phi) is 4.99. The van der Waals surface area contributed by atoms with Gasteiger partial charge in [-0.05, 0) is 31.1 Å². The first-order valence-electron chi connectivity index (χ1n) is 7.71. The quantitative estimate of drug-likeness (QED) is 0.629. The summed E-state index contributed by atoms with van der Waals surface area (Å²) < 4.78 is 6.27. The Hall–Kier alpha value is -2.02. The normalized spacial score (nSPS) is 16.3. The third-order valence-corrected chi connectivity index (χ3v) is 8.39. The largest absolute Gasteiger partial charge is 0.516 e. The average Bonchev–Trinajstić information content (AvgIpc) is 2.47. The molecular weight excluding hydrogens is 306 g/mol. The van der Waals surface area contributed by atoms with Crippen LogP contribution in [0.5, 0.6) is 0 Å². The van der Waals surface area contributed by atoms with Crippen LogP contribution >= 0.6 is 0 Å². The van der Waals surface area contributed by atoms with Gasteiger partial charge in [-0.2, -0.15) is 10.2 Å². The molecule has 1 aromatic rings. The van der Waals surface area contributed by atoms with Crippen LogP contribution in [-0.2, 0) is 4.43 Å². The number of rotatable bonds is 3. The van der Waals surface area contributed by atoms with E-state index in [4.69, 9.17) is 4.43 Å². The van der Waals surface area contributed by atoms with Crippen LogP contribution in [0.2, 0.25) is 18.1 Å². The number of amidine groups is 1. The first-order valence-corrected chi connectivity index (χ1v) is 10.6. The summed E-state index contributed by atoms with van der Waals surface area (Å²) in [7, 11) is -1.99. The Balaban J connectivity index is 2.20. The monoisotopic (exact) mass is 331 g/mol. The van der Waals surface area contributed by atoms with Gasteiger partial charge in [-0.15, -0.1) is 0 Å². The Morgan fingerprint density at radius 2 is 2.04 bits per heavy atom. The van der Waals surface area contributed by atoms with Gasteiger partial charge in [0.2, 0.25) is 0 Å². The molecule has 0 saturated heterocycles. The molecule has 0 aliphatic carbocycles. The zero-order valence-corrected chi connectivity index (χ0v) is 15.7. The highest BCUT2D eigenvalue weighted by molar-refractivity contribution is 6.75. The highest BCUT2D eigenvalue weighted by Gasteiger charge is 2.41. The van der Waals surface area contributed by atoms with E-state index in [0.717, 1.165) is 11.3 Å². The molecule has 0 N–H and O–H groups in total. The Morgan fingerprint density at radius 1 is 1.30 bits per heavy atom. The minimum absolute atomic E-state index is 0.0878. The van der Waals surface area contributed by atoms with Crippen LogP contribution in [0.25, 0.3) is 0 Å². The zero-order chi connectivity index (χ0) is 17.1. The third kappa shape index (κ3) is 4.48. The molecule has 1 aliphatic heterocycles. The minimum atomic E-state index is -1.99. The average molecular weight is 331 g/mol. The molecule has 0 amide bonds. The maximum Gasteiger partial charge on any atom is 0.318 e. The van der Waals surface area contributed by atoms with E-state index in [0.29, 0.717) is 12.6 Å². The molecule has 0 atom stereocenters. The molecule has 0 aromatic carbocycles. The molecule has 0 spiro atoms. The summed E-state index contributed by atoms with van der Waals surface area (Å²) in [5, 5.41) is 14.7. The summed E-state index contributed by atoms with van der Waals surface area (Å²) >= 11 is 0. The fourth-order valence-electron chi connectivity index (χ4n) is 1.63. The van der Waals surface area contributed by atoms with Crippen LogP contribution in [0, 0.1) is 0 Å². The molecule has 23 heavy (non-hydrogen) atoms. The molecule has 7 heteroatoms. The number of hydrogen-bond donors (Lipinski definition) is 0. The Morgan fingerprint density at radius 3 is 2.65 bits per heavy atom. The molecule has 2 heterocycles. The molecular formula is C16H25N5OSi. The second kappa shape index (κ2) is 6.62. The molecule has 1 aliphatic rings. The molecule has 124 valence electrons. The highest BCUT2D eigenvalue weighted by atomic mass is 28.4. The molecule has 0 bridgehead atoms. The van der Waals surface area contributed by atoms with Crippen molar-refractivity contribution >= 4 is 26.3 Å². The lowest BCUT2D eigenvalue weighted by atomic mass is 10.2. The summed E-state index contributed by atoms with van der Waals surface area (Å²) in [6.45, 7) is 13.5. The van der Waals surface area contributed by atoms with Crippen molar-refractivity contribution < 1.29 is 4.43 Å². The van der Waals surface area contributed by atoms with E-state index >= 15 is 0 Å². The van der Waals surface area contributed by atoms with Gasteiger partial charge in [0.25, 0.3) is 8.32 Å². The van der Waals surface area contributed by atoms with Crippen molar-refractivity contribution in [2.45, 2.75) is 45.8 Å². The molecule has 0 radical (unpaired) electrons. The van der Waals surface area contributed by atoms with Crippen molar-refractivity contribution in [1.29, 1.82) is 0 Å². The predicted molar refractivity (Wildman–Crippen MR) is 97.4 cm³/mol. The number of hydrazone groups is 1. The van der Waals surface area contributed by atoms with Crippen LogP contribution in [0.4, 0.5) is 0 Å². The van der Waals surface area contributed by atoms with Gasteiger partial charge in [0.1, 0.15) is 0 Å². The van der Waals surface area contributed by atoms with Crippen LogP contribution in [0.15, 0.2) is 39.8 Å². The fourth-order valence-corrected chi connectivity index (χ4v) is 2.54. The van der Waals surface area contributed by atoms with Crippen LogP contribution in [-0.4, -0.2) is 42.8 Å². The molecule has 6 nitrogen and oxygen atoms in total. The fraction of sp³-hybridized carbons (Fsp3) is 0.500. The van der Waals surface area contributed by atoms with Gasteiger partial charge in [0.15, 0.2) is 0 Å². The van der Waals surface area contributed by atoms with Crippen molar-refractivity contribution in [1.82, 2.24) is 9.99 Å². The Labute approximate surface area is 139 Å². The first-order chi connectivity index (χ1) is 10.7. The van der Waals surface area contributed by atoms with Crippen molar-refractivity contribution in [3.8, 4) is 0 Å². The van der Waals surface area contributed by atoms with Gasteiger partial charge in [-0.1, -0.05) is 31.9 Å². The van der Waals surface area contributed by atoms with Gasteiger partial charge in [-0.25, -0.2) is 5.01 Å². The zero-order valence-electron chi connectivity index (χ0n) is 14.7. The number of nitrogens with zero attached hydrogens (tertiary/aromatic N) is 5. The SMILES string of the molecule is CC1=NN=C(O[Si](C)(C)C(C)(C)C)N(/N=C/c2cccnc2)C1. The maximum atomic E-state index is 6.27. The topological polar surface area (TPSA) is 62.4 Å². The van der Waals surface area contributed by atoms with Gasteiger partial charge >= 0.3 is 6.02 Å². The number of pyridine rings is 1. The van der Waals surface area contributed by atoms with Gasteiger partial charge in [0, 0.05) is 18.0 Å². The van der Waals surface area contributed by atoms with Crippen LogP contribution in [0.1, 0.15) is 33.3 Å². The van der Waals surface area contributed by atoms with E-state index in [1.165, 1.54) is 0 Å². The van der Waals surface area contributed by atoms with E-state index in [-0.39, 0.29) is 5.04 Å². The number of hydrogen-bond acceptors (Lipinski definition) is 6. The summed E-state index contributed by atoms with van der Waals surface area (Å²) in [5.41, 5.74) is 1.83. The van der Waals surface area contributed by atoms with Gasteiger partial charge in [-0.3, -0.25) is 4.98 Å².